The molecule has 0 saturated heterocycles. The van der Waals surface area contributed by atoms with Crippen LogP contribution in [0.1, 0.15) is 0 Å². The molecule has 0 aliphatic heterocycles. The van der Waals surface area contributed by atoms with Gasteiger partial charge in [0.1, 0.15) is 0 Å². The minimum Gasteiger partial charge on any atom is -0.309 e. The molecule has 0 saturated carbocycles. The summed E-state index contributed by atoms with van der Waals surface area (Å²) in [7, 11) is 0. The van der Waals surface area contributed by atoms with Crippen molar-refractivity contribution in [3.05, 3.63) is 176 Å². The highest BCUT2D eigenvalue weighted by atomic mass is 32.1. The van der Waals surface area contributed by atoms with E-state index in [1.165, 1.54) is 48.8 Å². The van der Waals surface area contributed by atoms with Crippen molar-refractivity contribution in [3.63, 3.8) is 0 Å². The highest BCUT2D eigenvalue weighted by molar-refractivity contribution is 7.26. The molecule has 0 atom stereocenters. The van der Waals surface area contributed by atoms with Crippen LogP contribution in [0.4, 0.5) is 0 Å². The van der Waals surface area contributed by atoms with Crippen LogP contribution < -0.4 is 0 Å². The second-order valence-electron chi connectivity index (χ2n) is 12.6. The number of hydrogen-bond acceptors (Lipinski definition) is 3. The van der Waals surface area contributed by atoms with Crippen molar-refractivity contribution in [3.8, 4) is 50.6 Å². The Hall–Kier alpha value is -6.36. The number of thiophene rings is 1. The molecule has 3 heterocycles. The molecule has 0 radical (unpaired) electrons. The molecule has 3 aromatic heterocycles. The first-order chi connectivity index (χ1) is 24.8. The van der Waals surface area contributed by atoms with Crippen LogP contribution in [-0.2, 0) is 0 Å². The van der Waals surface area contributed by atoms with E-state index in [1.54, 1.807) is 11.3 Å². The van der Waals surface area contributed by atoms with Crippen molar-refractivity contribution in [1.82, 2.24) is 14.5 Å². The molecule has 234 valence electrons. The smallest absolute Gasteiger partial charge is 0.160 e. The lowest BCUT2D eigenvalue weighted by molar-refractivity contribution is 1.18. The number of para-hydroxylation sites is 2. The van der Waals surface area contributed by atoms with Crippen LogP contribution in [0.3, 0.4) is 0 Å². The number of benzene rings is 7. The SMILES string of the molecule is c1ccc(-c2nc(-c3ccccc3)c3sc4ccc(-c5cccc(-c6cccc(-n7c8ccccc8c8ccccc87)c6)c5)cc4c3n2)cc1. The third-order valence-corrected chi connectivity index (χ3v) is 10.8. The highest BCUT2D eigenvalue weighted by Gasteiger charge is 2.18. The van der Waals surface area contributed by atoms with Crippen molar-refractivity contribution in [2.24, 2.45) is 0 Å². The monoisotopic (exact) mass is 655 g/mol. The summed E-state index contributed by atoms with van der Waals surface area (Å²) < 4.78 is 4.69. The molecular weight excluding hydrogens is 627 g/mol. The van der Waals surface area contributed by atoms with E-state index in [1.807, 2.05) is 24.3 Å². The van der Waals surface area contributed by atoms with Crippen molar-refractivity contribution >= 4 is 53.4 Å². The lowest BCUT2D eigenvalue weighted by Crippen LogP contribution is -1.94. The normalized spacial score (nSPS) is 11.6. The van der Waals surface area contributed by atoms with Crippen molar-refractivity contribution < 1.29 is 0 Å². The van der Waals surface area contributed by atoms with Gasteiger partial charge in [0, 0.05) is 37.7 Å². The molecule has 0 unspecified atom stereocenters. The molecule has 0 fully saturated rings. The molecular formula is C46H29N3S. The van der Waals surface area contributed by atoms with Gasteiger partial charge in [0.05, 0.1) is 26.9 Å². The maximum absolute atomic E-state index is 5.19. The molecule has 0 amide bonds. The second kappa shape index (κ2) is 11.7. The molecule has 4 heteroatoms. The molecule has 10 aromatic rings. The summed E-state index contributed by atoms with van der Waals surface area (Å²) in [6.45, 7) is 0. The summed E-state index contributed by atoms with van der Waals surface area (Å²) in [5, 5.41) is 3.69. The molecule has 0 aliphatic rings. The van der Waals surface area contributed by atoms with Crippen LogP contribution in [0.15, 0.2) is 176 Å². The first-order valence-electron chi connectivity index (χ1n) is 16.8. The Morgan fingerprint density at radius 1 is 0.400 bits per heavy atom. The van der Waals surface area contributed by atoms with Gasteiger partial charge in [-0.15, -0.1) is 11.3 Å². The van der Waals surface area contributed by atoms with Gasteiger partial charge in [-0.2, -0.15) is 0 Å². The van der Waals surface area contributed by atoms with E-state index >= 15 is 0 Å². The fourth-order valence-electron chi connectivity index (χ4n) is 7.23. The standard InChI is InChI=1S/C46H29N3S/c1-3-13-30(14-4-1)43-45-44(48-46(47-43)31-15-5-2-6-16-31)39-29-35(25-26-42(39)50-45)33-18-11-17-32(27-33)34-19-12-20-36(28-34)49-40-23-9-7-21-37(40)38-22-8-10-24-41(38)49/h1-29H. The zero-order valence-corrected chi connectivity index (χ0v) is 27.8. The van der Waals surface area contributed by atoms with Gasteiger partial charge in [0.2, 0.25) is 0 Å². The van der Waals surface area contributed by atoms with Gasteiger partial charge in [-0.1, -0.05) is 133 Å². The van der Waals surface area contributed by atoms with E-state index in [2.05, 4.69) is 156 Å². The summed E-state index contributed by atoms with van der Waals surface area (Å²) in [6.07, 6.45) is 0. The summed E-state index contributed by atoms with van der Waals surface area (Å²) in [5.41, 5.74) is 12.4. The van der Waals surface area contributed by atoms with Gasteiger partial charge in [0.15, 0.2) is 5.82 Å². The number of aromatic nitrogens is 3. The summed E-state index contributed by atoms with van der Waals surface area (Å²) in [4.78, 5) is 10.3. The average Bonchev–Trinajstić information content (AvgIpc) is 3.74. The molecule has 10 rings (SSSR count). The van der Waals surface area contributed by atoms with Crippen molar-refractivity contribution in [2.45, 2.75) is 0 Å². The van der Waals surface area contributed by atoms with Crippen LogP contribution in [0.5, 0.6) is 0 Å². The fourth-order valence-corrected chi connectivity index (χ4v) is 8.37. The fraction of sp³-hybridized carbons (Fsp3) is 0. The van der Waals surface area contributed by atoms with Gasteiger partial charge in [-0.3, -0.25) is 0 Å². The maximum atomic E-state index is 5.19. The van der Waals surface area contributed by atoms with Gasteiger partial charge in [0.25, 0.3) is 0 Å². The van der Waals surface area contributed by atoms with Gasteiger partial charge in [-0.25, -0.2) is 9.97 Å². The number of rotatable bonds is 5. The zero-order valence-electron chi connectivity index (χ0n) is 27.0. The van der Waals surface area contributed by atoms with Gasteiger partial charge < -0.3 is 4.57 Å². The molecule has 0 spiro atoms. The van der Waals surface area contributed by atoms with Crippen LogP contribution in [0, 0.1) is 0 Å². The Kier molecular flexibility index (Phi) is 6.68. The Bertz CT molecular complexity index is 2810. The molecule has 3 nitrogen and oxygen atoms in total. The first kappa shape index (κ1) is 28.6. The van der Waals surface area contributed by atoms with E-state index in [9.17, 15) is 0 Å². The van der Waals surface area contributed by atoms with Crippen LogP contribution in [0.25, 0.3) is 92.7 Å². The third kappa shape index (κ3) is 4.73. The lowest BCUT2D eigenvalue weighted by Gasteiger charge is -2.11. The van der Waals surface area contributed by atoms with Gasteiger partial charge in [-0.05, 0) is 64.7 Å². The Labute approximate surface area is 293 Å². The molecule has 50 heavy (non-hydrogen) atoms. The highest BCUT2D eigenvalue weighted by Crippen LogP contribution is 2.41. The van der Waals surface area contributed by atoms with Crippen molar-refractivity contribution in [1.29, 1.82) is 0 Å². The van der Waals surface area contributed by atoms with Gasteiger partial charge >= 0.3 is 0 Å². The van der Waals surface area contributed by atoms with E-state index in [4.69, 9.17) is 9.97 Å². The van der Waals surface area contributed by atoms with Crippen LogP contribution >= 0.6 is 11.3 Å². The van der Waals surface area contributed by atoms with E-state index in [0.717, 1.165) is 43.9 Å². The molecule has 0 bridgehead atoms. The van der Waals surface area contributed by atoms with E-state index in [-0.39, 0.29) is 0 Å². The zero-order chi connectivity index (χ0) is 33.0. The average molecular weight is 656 g/mol. The Morgan fingerprint density at radius 3 is 1.66 bits per heavy atom. The lowest BCUT2D eigenvalue weighted by atomic mass is 9.98. The Morgan fingerprint density at radius 2 is 0.960 bits per heavy atom. The molecule has 0 aliphatic carbocycles. The van der Waals surface area contributed by atoms with Crippen molar-refractivity contribution in [2.75, 3.05) is 0 Å². The minimum absolute atomic E-state index is 0.743. The van der Waals surface area contributed by atoms with Crippen LogP contribution in [0.2, 0.25) is 0 Å². The number of fused-ring (bicyclic) bond motifs is 6. The predicted molar refractivity (Wildman–Crippen MR) is 211 cm³/mol. The Balaban J connectivity index is 1.10. The predicted octanol–water partition coefficient (Wildman–Crippen LogP) is 12.6. The summed E-state index contributed by atoms with van der Waals surface area (Å²) in [5.74, 6) is 0.743. The number of nitrogens with zero attached hydrogens (tertiary/aromatic N) is 3. The summed E-state index contributed by atoms with van der Waals surface area (Å²) >= 11 is 1.77. The molecule has 0 N–H and O–H groups in total. The van der Waals surface area contributed by atoms with E-state index < -0.39 is 0 Å². The third-order valence-electron chi connectivity index (χ3n) is 9.61. The minimum atomic E-state index is 0.743. The molecule has 7 aromatic carbocycles. The second-order valence-corrected chi connectivity index (χ2v) is 13.7. The summed E-state index contributed by atoms with van der Waals surface area (Å²) in [6, 6.07) is 62.6. The topological polar surface area (TPSA) is 30.7 Å². The van der Waals surface area contributed by atoms with E-state index in [0.29, 0.717) is 0 Å². The van der Waals surface area contributed by atoms with Crippen LogP contribution in [-0.4, -0.2) is 14.5 Å². The largest absolute Gasteiger partial charge is 0.309 e. The number of hydrogen-bond donors (Lipinski definition) is 0. The first-order valence-corrected chi connectivity index (χ1v) is 17.6. The maximum Gasteiger partial charge on any atom is 0.160 e. The quantitative estimate of drug-likeness (QED) is 0.185.